The van der Waals surface area contributed by atoms with Crippen LogP contribution in [0.5, 0.6) is 0 Å². The standard InChI is InChI=1S/C21H24F3IN4O3/c22-21(23,24)15-1-3-26-17(27-15)12-2-4-29(10-12)19(31)32-16-13-5-11-6-14(16)9-20(7-11,8-13)18(30)28-25/h1,3,11-14,16H,2,4-10H2,(H,28,30). The van der Waals surface area contributed by atoms with Crippen LogP contribution in [0.4, 0.5) is 18.0 Å². The molecule has 0 spiro atoms. The van der Waals surface area contributed by atoms with Gasteiger partial charge in [-0.15, -0.1) is 0 Å². The number of nitrogens with one attached hydrogen (secondary N) is 1. The third-order valence-electron chi connectivity index (χ3n) is 7.77. The van der Waals surface area contributed by atoms with Crippen molar-refractivity contribution in [2.75, 3.05) is 13.1 Å². The average Bonchev–Trinajstić information content (AvgIpc) is 3.25. The van der Waals surface area contributed by atoms with Crippen LogP contribution in [0.2, 0.25) is 0 Å². The van der Waals surface area contributed by atoms with Crippen LogP contribution in [0.3, 0.4) is 0 Å². The number of hydrogen-bond acceptors (Lipinski definition) is 5. The predicted molar refractivity (Wildman–Crippen MR) is 114 cm³/mol. The molecular weight excluding hydrogens is 540 g/mol. The maximum atomic E-state index is 13.0. The number of alkyl halides is 3. The van der Waals surface area contributed by atoms with Crippen LogP contribution >= 0.6 is 22.9 Å². The van der Waals surface area contributed by atoms with E-state index in [9.17, 15) is 22.8 Å². The van der Waals surface area contributed by atoms with E-state index in [1.807, 2.05) is 22.9 Å². The maximum Gasteiger partial charge on any atom is 0.433 e. The van der Waals surface area contributed by atoms with Crippen molar-refractivity contribution in [2.45, 2.75) is 56.7 Å². The van der Waals surface area contributed by atoms with E-state index >= 15 is 0 Å². The Morgan fingerprint density at radius 2 is 1.94 bits per heavy atom. The van der Waals surface area contributed by atoms with Gasteiger partial charge in [0.25, 0.3) is 0 Å². The lowest BCUT2D eigenvalue weighted by Crippen LogP contribution is -2.59. The Balaban J connectivity index is 1.23. The molecule has 1 aromatic heterocycles. The predicted octanol–water partition coefficient (Wildman–Crippen LogP) is 4.08. The minimum absolute atomic E-state index is 0.0887. The van der Waals surface area contributed by atoms with Crippen LogP contribution in [0.1, 0.15) is 56.0 Å². The number of rotatable bonds is 3. The number of hydrogen-bond donors (Lipinski definition) is 1. The molecule has 4 aliphatic carbocycles. The molecule has 4 bridgehead atoms. The van der Waals surface area contributed by atoms with E-state index in [-0.39, 0.29) is 47.5 Å². The number of ether oxygens (including phenoxy) is 1. The van der Waals surface area contributed by atoms with Gasteiger partial charge in [0.2, 0.25) is 5.91 Å². The van der Waals surface area contributed by atoms with Crippen molar-refractivity contribution in [2.24, 2.45) is 23.2 Å². The lowest BCUT2D eigenvalue weighted by atomic mass is 9.48. The van der Waals surface area contributed by atoms with Crippen LogP contribution < -0.4 is 3.53 Å². The molecule has 3 atom stereocenters. The van der Waals surface area contributed by atoms with Crippen molar-refractivity contribution < 1.29 is 27.5 Å². The number of likely N-dealkylation sites (tertiary alicyclic amines) is 1. The first-order valence-electron chi connectivity index (χ1n) is 11.0. The molecule has 174 valence electrons. The van der Waals surface area contributed by atoms with E-state index in [0.29, 0.717) is 18.9 Å². The fourth-order valence-corrected chi connectivity index (χ4v) is 7.18. The zero-order valence-electron chi connectivity index (χ0n) is 17.3. The van der Waals surface area contributed by atoms with Gasteiger partial charge < -0.3 is 9.64 Å². The van der Waals surface area contributed by atoms with E-state index in [1.54, 1.807) is 4.90 Å². The van der Waals surface area contributed by atoms with E-state index in [2.05, 4.69) is 13.5 Å². The zero-order valence-corrected chi connectivity index (χ0v) is 19.4. The highest BCUT2D eigenvalue weighted by molar-refractivity contribution is 14.1. The maximum absolute atomic E-state index is 13.0. The summed E-state index contributed by atoms with van der Waals surface area (Å²) < 4.78 is 47.6. The molecule has 1 saturated heterocycles. The Morgan fingerprint density at radius 1 is 1.22 bits per heavy atom. The van der Waals surface area contributed by atoms with Gasteiger partial charge in [0.05, 0.1) is 28.3 Å². The number of nitrogens with zero attached hydrogens (tertiary/aromatic N) is 3. The smallest absolute Gasteiger partial charge is 0.433 e. The van der Waals surface area contributed by atoms with E-state index in [0.717, 1.165) is 44.4 Å². The topological polar surface area (TPSA) is 84.4 Å². The molecule has 1 aromatic rings. The number of halogens is 4. The first-order chi connectivity index (χ1) is 15.2. The van der Waals surface area contributed by atoms with Gasteiger partial charge in [0, 0.05) is 25.2 Å². The Labute approximate surface area is 197 Å². The minimum atomic E-state index is -4.53. The summed E-state index contributed by atoms with van der Waals surface area (Å²) in [4.78, 5) is 34.7. The third kappa shape index (κ3) is 3.83. The minimum Gasteiger partial charge on any atom is -0.446 e. The van der Waals surface area contributed by atoms with Crippen molar-refractivity contribution in [3.63, 3.8) is 0 Å². The summed E-state index contributed by atoms with van der Waals surface area (Å²) in [6.07, 6.45) is 0.817. The quantitative estimate of drug-likeness (QED) is 0.442. The molecular formula is C21H24F3IN4O3. The highest BCUT2D eigenvalue weighted by Crippen LogP contribution is 2.61. The van der Waals surface area contributed by atoms with Gasteiger partial charge in [-0.3, -0.25) is 8.32 Å². The molecule has 7 nitrogen and oxygen atoms in total. The summed E-state index contributed by atoms with van der Waals surface area (Å²) in [6.45, 7) is 0.640. The van der Waals surface area contributed by atoms with Gasteiger partial charge in [0.15, 0.2) is 0 Å². The molecule has 4 saturated carbocycles. The molecule has 1 N–H and O–H groups in total. The monoisotopic (exact) mass is 564 g/mol. The molecule has 1 aliphatic heterocycles. The van der Waals surface area contributed by atoms with Gasteiger partial charge in [-0.1, -0.05) is 0 Å². The highest BCUT2D eigenvalue weighted by Gasteiger charge is 2.59. The molecule has 0 aromatic carbocycles. The molecule has 11 heteroatoms. The first kappa shape index (κ1) is 22.1. The summed E-state index contributed by atoms with van der Waals surface area (Å²) in [5.41, 5.74) is -1.30. The molecule has 6 rings (SSSR count). The van der Waals surface area contributed by atoms with Gasteiger partial charge in [-0.25, -0.2) is 14.8 Å². The molecule has 5 fully saturated rings. The second-order valence-corrected chi connectivity index (χ2v) is 10.3. The summed E-state index contributed by atoms with van der Waals surface area (Å²) in [7, 11) is 0. The first-order valence-corrected chi connectivity index (χ1v) is 12.0. The number of carbonyl (C=O) groups is 2. The summed E-state index contributed by atoms with van der Waals surface area (Å²) in [5, 5.41) is 0. The fraction of sp³-hybridized carbons (Fsp3) is 0.714. The molecule has 5 aliphatic rings. The molecule has 0 radical (unpaired) electrons. The Morgan fingerprint density at radius 3 is 2.59 bits per heavy atom. The van der Waals surface area contributed by atoms with E-state index in [1.165, 1.54) is 0 Å². The Bertz CT molecular complexity index is 914. The SMILES string of the molecule is O=C(OC1C2CC3CC1CC(C(=O)NI)(C3)C2)N1CCC(c2nccc(C(F)(F)F)n2)C1. The molecule has 32 heavy (non-hydrogen) atoms. The molecule has 2 heterocycles. The van der Waals surface area contributed by atoms with Gasteiger partial charge in [0.1, 0.15) is 17.6 Å². The largest absolute Gasteiger partial charge is 0.446 e. The second-order valence-electron chi connectivity index (χ2n) is 9.75. The van der Waals surface area contributed by atoms with Crippen LogP contribution in [0.25, 0.3) is 0 Å². The van der Waals surface area contributed by atoms with Crippen LogP contribution in [-0.2, 0) is 15.7 Å². The van der Waals surface area contributed by atoms with Crippen molar-refractivity contribution in [3.8, 4) is 0 Å². The van der Waals surface area contributed by atoms with Gasteiger partial charge in [-0.2, -0.15) is 13.2 Å². The number of amides is 2. The zero-order chi connectivity index (χ0) is 22.7. The number of carbonyl (C=O) groups excluding carboxylic acids is 2. The number of aromatic nitrogens is 2. The summed E-state index contributed by atoms with van der Waals surface area (Å²) in [6, 6.07) is 0.849. The van der Waals surface area contributed by atoms with Gasteiger partial charge in [-0.05, 0) is 62.3 Å². The van der Waals surface area contributed by atoms with Crippen LogP contribution in [-0.4, -0.2) is 46.1 Å². The molecule has 3 unspecified atom stereocenters. The normalized spacial score (nSPS) is 35.8. The highest BCUT2D eigenvalue weighted by atomic mass is 127. The van der Waals surface area contributed by atoms with E-state index in [4.69, 9.17) is 4.74 Å². The van der Waals surface area contributed by atoms with Gasteiger partial charge >= 0.3 is 12.3 Å². The fourth-order valence-electron chi connectivity index (χ4n) is 6.60. The molecule has 2 amide bonds. The average molecular weight is 564 g/mol. The van der Waals surface area contributed by atoms with E-state index < -0.39 is 18.0 Å². The van der Waals surface area contributed by atoms with Crippen molar-refractivity contribution in [1.29, 1.82) is 0 Å². The second kappa shape index (κ2) is 7.98. The van der Waals surface area contributed by atoms with Crippen molar-refractivity contribution in [3.05, 3.63) is 23.8 Å². The van der Waals surface area contributed by atoms with Crippen molar-refractivity contribution >= 4 is 34.9 Å². The lowest BCUT2D eigenvalue weighted by molar-refractivity contribution is -0.162. The summed E-state index contributed by atoms with van der Waals surface area (Å²) in [5.74, 6) is 0.722. The van der Waals surface area contributed by atoms with Crippen LogP contribution in [0.15, 0.2) is 12.3 Å². The van der Waals surface area contributed by atoms with Crippen LogP contribution in [0, 0.1) is 23.2 Å². The lowest BCUT2D eigenvalue weighted by Gasteiger charge is -2.58. The Hall–Kier alpha value is -1.66. The third-order valence-corrected chi connectivity index (χ3v) is 8.26. The van der Waals surface area contributed by atoms with Crippen molar-refractivity contribution in [1.82, 2.24) is 18.4 Å². The Kier molecular flexibility index (Phi) is 5.52. The summed E-state index contributed by atoms with van der Waals surface area (Å²) >= 11 is 1.90.